The van der Waals surface area contributed by atoms with Crippen LogP contribution in [0.15, 0.2) is 41.4 Å². The highest BCUT2D eigenvalue weighted by molar-refractivity contribution is 5.99. The summed E-state index contributed by atoms with van der Waals surface area (Å²) in [5, 5.41) is 3.96. The van der Waals surface area contributed by atoms with Crippen molar-refractivity contribution in [2.45, 2.75) is 97.9 Å². The molecule has 1 heterocycles. The second-order valence-corrected chi connectivity index (χ2v) is 10.5. The molecule has 0 radical (unpaired) electrons. The molecule has 0 spiro atoms. The van der Waals surface area contributed by atoms with Crippen LogP contribution in [0.1, 0.15) is 115 Å². The molecule has 30 heavy (non-hydrogen) atoms. The van der Waals surface area contributed by atoms with Gasteiger partial charge in [-0.2, -0.15) is 0 Å². The minimum atomic E-state index is -0.218. The smallest absolute Gasteiger partial charge is 0.0701 e. The van der Waals surface area contributed by atoms with Crippen molar-refractivity contribution in [2.24, 2.45) is 4.99 Å². The van der Waals surface area contributed by atoms with E-state index in [0.717, 1.165) is 6.42 Å². The molecule has 0 unspecified atom stereocenters. The number of nitrogens with one attached hydrogen (secondary N) is 1. The van der Waals surface area contributed by atoms with Gasteiger partial charge in [0, 0.05) is 11.4 Å². The highest BCUT2D eigenvalue weighted by atomic mass is 15.0. The molecule has 0 amide bonds. The van der Waals surface area contributed by atoms with Gasteiger partial charge in [0.2, 0.25) is 0 Å². The van der Waals surface area contributed by atoms with Crippen LogP contribution in [0.5, 0.6) is 0 Å². The maximum atomic E-state index is 5.29. The number of fused-ring (bicyclic) bond motifs is 1. The van der Waals surface area contributed by atoms with E-state index in [1.54, 1.807) is 0 Å². The third-order valence-corrected chi connectivity index (χ3v) is 6.53. The number of para-hydroxylation sites is 2. The minimum Gasteiger partial charge on any atom is -0.374 e. The largest absolute Gasteiger partial charge is 0.374 e. The molecule has 0 aromatic heterocycles. The zero-order valence-corrected chi connectivity index (χ0v) is 20.4. The maximum Gasteiger partial charge on any atom is 0.0701 e. The first-order valence-corrected chi connectivity index (χ1v) is 11.6. The standard InChI is InChI=1S/C28H40N2/c1-17(2)21-12-11-15-24-20(7)16-25(29-26(21)24)28(8,9)30-27-22(18(3)4)13-10-14-23(27)19(5)6/h10-15,17-20,30H,16H2,1-9H3/t20-/m0/s1. The summed E-state index contributed by atoms with van der Waals surface area (Å²) in [5.41, 5.74) is 9.07. The van der Waals surface area contributed by atoms with Crippen LogP contribution < -0.4 is 5.32 Å². The van der Waals surface area contributed by atoms with E-state index in [0.29, 0.717) is 23.7 Å². The SMILES string of the molecule is CC(C)c1cccc2c1N=C(C(C)(C)Nc1c(C(C)C)cccc1C(C)C)C[C@@H]2C. The summed E-state index contributed by atoms with van der Waals surface area (Å²) in [4.78, 5) is 5.29. The van der Waals surface area contributed by atoms with Gasteiger partial charge in [0.15, 0.2) is 0 Å². The van der Waals surface area contributed by atoms with Crippen molar-refractivity contribution >= 4 is 17.1 Å². The second kappa shape index (κ2) is 8.57. The molecule has 1 aliphatic heterocycles. The van der Waals surface area contributed by atoms with Crippen molar-refractivity contribution in [3.8, 4) is 0 Å². The molecule has 0 bridgehead atoms. The molecule has 0 saturated carbocycles. The Balaban J connectivity index is 2.08. The second-order valence-electron chi connectivity index (χ2n) is 10.5. The molecular formula is C28H40N2. The first-order valence-electron chi connectivity index (χ1n) is 11.6. The van der Waals surface area contributed by atoms with Crippen molar-refractivity contribution in [1.82, 2.24) is 0 Å². The molecule has 1 aliphatic rings. The van der Waals surface area contributed by atoms with Crippen LogP contribution in [0.25, 0.3) is 0 Å². The Bertz CT molecular complexity index is 905. The van der Waals surface area contributed by atoms with E-state index in [1.807, 2.05) is 0 Å². The molecule has 2 nitrogen and oxygen atoms in total. The molecular weight excluding hydrogens is 364 g/mol. The molecule has 0 fully saturated rings. The van der Waals surface area contributed by atoms with Crippen LogP contribution in [0.3, 0.4) is 0 Å². The molecule has 1 N–H and O–H groups in total. The molecule has 3 rings (SSSR count). The highest BCUT2D eigenvalue weighted by Crippen LogP contribution is 2.42. The Hall–Kier alpha value is -2.09. The molecule has 0 aliphatic carbocycles. The Kier molecular flexibility index (Phi) is 6.45. The van der Waals surface area contributed by atoms with Crippen LogP contribution in [0.4, 0.5) is 11.4 Å². The van der Waals surface area contributed by atoms with E-state index < -0.39 is 0 Å². The predicted octanol–water partition coefficient (Wildman–Crippen LogP) is 8.53. The van der Waals surface area contributed by atoms with Gasteiger partial charge < -0.3 is 5.32 Å². The Morgan fingerprint density at radius 2 is 1.33 bits per heavy atom. The summed E-state index contributed by atoms with van der Waals surface area (Å²) < 4.78 is 0. The number of benzene rings is 2. The topological polar surface area (TPSA) is 24.4 Å². The number of hydrogen-bond donors (Lipinski definition) is 1. The van der Waals surface area contributed by atoms with E-state index in [2.05, 4.69) is 104 Å². The Labute approximate surface area is 184 Å². The lowest BCUT2D eigenvalue weighted by atomic mass is 9.81. The van der Waals surface area contributed by atoms with E-state index in [1.165, 1.54) is 39.3 Å². The monoisotopic (exact) mass is 404 g/mol. The van der Waals surface area contributed by atoms with Crippen molar-refractivity contribution in [2.75, 3.05) is 5.32 Å². The van der Waals surface area contributed by atoms with Crippen LogP contribution in [0, 0.1) is 0 Å². The number of aliphatic imine (C=N–C) groups is 1. The van der Waals surface area contributed by atoms with Crippen molar-refractivity contribution in [1.29, 1.82) is 0 Å². The van der Waals surface area contributed by atoms with Crippen LogP contribution in [0.2, 0.25) is 0 Å². The average molecular weight is 405 g/mol. The van der Waals surface area contributed by atoms with Crippen molar-refractivity contribution in [3.05, 3.63) is 58.7 Å². The summed E-state index contributed by atoms with van der Waals surface area (Å²) in [6.07, 6.45) is 0.995. The maximum absolute atomic E-state index is 5.29. The fourth-order valence-electron chi connectivity index (χ4n) is 4.63. The summed E-state index contributed by atoms with van der Waals surface area (Å²) in [6, 6.07) is 13.4. The zero-order valence-electron chi connectivity index (χ0n) is 20.4. The van der Waals surface area contributed by atoms with Gasteiger partial charge in [0.25, 0.3) is 0 Å². The summed E-state index contributed by atoms with van der Waals surface area (Å²) in [7, 11) is 0. The summed E-state index contributed by atoms with van der Waals surface area (Å²) in [5.74, 6) is 1.91. The molecule has 162 valence electrons. The van der Waals surface area contributed by atoms with E-state index in [4.69, 9.17) is 4.99 Å². The lowest BCUT2D eigenvalue weighted by Crippen LogP contribution is -2.42. The van der Waals surface area contributed by atoms with Gasteiger partial charge in [0.1, 0.15) is 0 Å². The number of anilines is 1. The Morgan fingerprint density at radius 1 is 0.833 bits per heavy atom. The third-order valence-electron chi connectivity index (χ3n) is 6.53. The first-order chi connectivity index (χ1) is 14.0. The fourth-order valence-corrected chi connectivity index (χ4v) is 4.63. The van der Waals surface area contributed by atoms with Crippen molar-refractivity contribution < 1.29 is 0 Å². The molecule has 1 atom stereocenters. The van der Waals surface area contributed by atoms with Gasteiger partial charge in [-0.15, -0.1) is 0 Å². The molecule has 2 heteroatoms. The van der Waals surface area contributed by atoms with Crippen LogP contribution >= 0.6 is 0 Å². The van der Waals surface area contributed by atoms with E-state index in [-0.39, 0.29) is 5.54 Å². The average Bonchev–Trinajstić information content (AvgIpc) is 2.66. The van der Waals surface area contributed by atoms with Gasteiger partial charge in [-0.05, 0) is 66.2 Å². The number of rotatable bonds is 6. The molecule has 2 aromatic rings. The van der Waals surface area contributed by atoms with Gasteiger partial charge >= 0.3 is 0 Å². The Morgan fingerprint density at radius 3 is 1.87 bits per heavy atom. The summed E-state index contributed by atoms with van der Waals surface area (Å²) in [6.45, 7) is 20.6. The number of hydrogen-bond acceptors (Lipinski definition) is 2. The predicted molar refractivity (Wildman–Crippen MR) is 133 cm³/mol. The van der Waals surface area contributed by atoms with Gasteiger partial charge in [-0.3, -0.25) is 4.99 Å². The van der Waals surface area contributed by atoms with E-state index >= 15 is 0 Å². The van der Waals surface area contributed by atoms with Crippen LogP contribution in [-0.2, 0) is 0 Å². The van der Waals surface area contributed by atoms with Gasteiger partial charge in [-0.1, -0.05) is 84.9 Å². The fraction of sp³-hybridized carbons (Fsp3) is 0.536. The zero-order chi connectivity index (χ0) is 22.2. The quantitative estimate of drug-likeness (QED) is 0.512. The van der Waals surface area contributed by atoms with Crippen LogP contribution in [-0.4, -0.2) is 11.3 Å². The van der Waals surface area contributed by atoms with Gasteiger partial charge in [0.05, 0.1) is 11.2 Å². The molecule has 2 aromatic carbocycles. The minimum absolute atomic E-state index is 0.218. The third kappa shape index (κ3) is 4.33. The summed E-state index contributed by atoms with van der Waals surface area (Å²) >= 11 is 0. The van der Waals surface area contributed by atoms with Gasteiger partial charge in [-0.25, -0.2) is 0 Å². The lowest BCUT2D eigenvalue weighted by Gasteiger charge is -2.36. The van der Waals surface area contributed by atoms with E-state index in [9.17, 15) is 0 Å². The molecule has 0 saturated heterocycles. The normalized spacial score (nSPS) is 16.8. The first kappa shape index (κ1) is 22.6. The highest BCUT2D eigenvalue weighted by Gasteiger charge is 2.32. The lowest BCUT2D eigenvalue weighted by molar-refractivity contribution is 0.682. The number of nitrogens with zero attached hydrogens (tertiary/aromatic N) is 1. The van der Waals surface area contributed by atoms with Crippen molar-refractivity contribution in [3.63, 3.8) is 0 Å².